The summed E-state index contributed by atoms with van der Waals surface area (Å²) in [5.41, 5.74) is 0.845. The molecule has 0 spiro atoms. The van der Waals surface area contributed by atoms with Gasteiger partial charge in [-0.15, -0.1) is 0 Å². The summed E-state index contributed by atoms with van der Waals surface area (Å²) in [7, 11) is 0. The van der Waals surface area contributed by atoms with Crippen molar-refractivity contribution in [2.24, 2.45) is 0 Å². The second kappa shape index (κ2) is 8.84. The maximum atomic E-state index is 12.8. The predicted molar refractivity (Wildman–Crippen MR) is 114 cm³/mol. The first-order chi connectivity index (χ1) is 14.8. The van der Waals surface area contributed by atoms with Crippen molar-refractivity contribution in [3.8, 4) is 0 Å². The normalized spacial score (nSPS) is 19.4. The van der Waals surface area contributed by atoms with Crippen LogP contribution in [0.1, 0.15) is 47.2 Å². The van der Waals surface area contributed by atoms with Gasteiger partial charge in [-0.25, -0.2) is 4.98 Å². The molecule has 1 aliphatic rings. The van der Waals surface area contributed by atoms with Crippen LogP contribution in [0.15, 0.2) is 42.5 Å². The molecule has 1 saturated carbocycles. The molecule has 3 N–H and O–H groups in total. The highest BCUT2D eigenvalue weighted by atomic mass is 32.1. The maximum Gasteiger partial charge on any atom is 0.416 e. The molecule has 0 atom stereocenters. The number of carbonyl (C=O) groups excluding carboxylic acids is 1. The van der Waals surface area contributed by atoms with Crippen molar-refractivity contribution in [2.75, 3.05) is 5.32 Å². The van der Waals surface area contributed by atoms with Gasteiger partial charge in [-0.1, -0.05) is 23.5 Å². The van der Waals surface area contributed by atoms with Gasteiger partial charge in [0.25, 0.3) is 5.91 Å². The molecule has 0 saturated heterocycles. The van der Waals surface area contributed by atoms with Crippen molar-refractivity contribution in [3.63, 3.8) is 0 Å². The van der Waals surface area contributed by atoms with Crippen LogP contribution in [0.2, 0.25) is 0 Å². The van der Waals surface area contributed by atoms with Crippen molar-refractivity contribution in [3.05, 3.63) is 59.2 Å². The van der Waals surface area contributed by atoms with E-state index in [2.05, 4.69) is 15.6 Å². The van der Waals surface area contributed by atoms with Gasteiger partial charge in [0.1, 0.15) is 0 Å². The Morgan fingerprint density at radius 3 is 2.65 bits per heavy atom. The smallest absolute Gasteiger partial charge is 0.393 e. The number of hydrogen-bond donors (Lipinski definition) is 3. The molecule has 1 aromatic heterocycles. The van der Waals surface area contributed by atoms with Crippen LogP contribution in [0.25, 0.3) is 10.2 Å². The number of amides is 1. The van der Waals surface area contributed by atoms with Gasteiger partial charge < -0.3 is 15.7 Å². The number of nitrogens with zero attached hydrogens (tertiary/aromatic N) is 1. The molecule has 0 radical (unpaired) electrons. The number of thiazole rings is 1. The lowest BCUT2D eigenvalue weighted by Gasteiger charge is -2.25. The number of aromatic nitrogens is 1. The summed E-state index contributed by atoms with van der Waals surface area (Å²) in [5.74, 6) is -0.358. The highest BCUT2D eigenvalue weighted by molar-refractivity contribution is 7.22. The molecule has 3 aromatic rings. The molecular weight excluding hydrogens is 427 g/mol. The molecule has 0 bridgehead atoms. The molecule has 4 rings (SSSR count). The Balaban J connectivity index is 1.40. The van der Waals surface area contributed by atoms with Crippen molar-refractivity contribution in [2.45, 2.75) is 50.6 Å². The third-order valence-electron chi connectivity index (χ3n) is 5.38. The highest BCUT2D eigenvalue weighted by Crippen LogP contribution is 2.31. The fourth-order valence-electron chi connectivity index (χ4n) is 3.66. The summed E-state index contributed by atoms with van der Waals surface area (Å²) in [6.07, 6.45) is -1.30. The van der Waals surface area contributed by atoms with Crippen LogP contribution in [0.5, 0.6) is 0 Å². The Hall–Kier alpha value is -2.65. The first kappa shape index (κ1) is 21.6. The van der Waals surface area contributed by atoms with Gasteiger partial charge in [-0.3, -0.25) is 4.79 Å². The molecule has 164 valence electrons. The van der Waals surface area contributed by atoms with E-state index >= 15 is 0 Å². The van der Waals surface area contributed by atoms with E-state index in [4.69, 9.17) is 0 Å². The fraction of sp³-hybridized carbons (Fsp3) is 0.364. The number of nitrogens with one attached hydrogen (secondary N) is 2. The lowest BCUT2D eigenvalue weighted by molar-refractivity contribution is -0.137. The van der Waals surface area contributed by atoms with E-state index in [0.29, 0.717) is 11.1 Å². The van der Waals surface area contributed by atoms with Crippen LogP contribution in [-0.2, 0) is 12.7 Å². The zero-order chi connectivity index (χ0) is 22.0. The Morgan fingerprint density at radius 1 is 1.13 bits per heavy atom. The summed E-state index contributed by atoms with van der Waals surface area (Å²) >= 11 is 1.45. The van der Waals surface area contributed by atoms with Gasteiger partial charge >= 0.3 is 6.18 Å². The number of benzene rings is 2. The molecule has 9 heteroatoms. The first-order valence-corrected chi connectivity index (χ1v) is 10.9. The molecule has 1 fully saturated rings. The highest BCUT2D eigenvalue weighted by Gasteiger charge is 2.30. The van der Waals surface area contributed by atoms with Crippen LogP contribution in [0.4, 0.5) is 18.3 Å². The summed E-state index contributed by atoms with van der Waals surface area (Å²) in [6, 6.07) is 10.4. The molecule has 31 heavy (non-hydrogen) atoms. The second-order valence-corrected chi connectivity index (χ2v) is 8.76. The summed E-state index contributed by atoms with van der Waals surface area (Å²) in [4.78, 5) is 17.1. The van der Waals surface area contributed by atoms with E-state index < -0.39 is 11.7 Å². The van der Waals surface area contributed by atoms with Gasteiger partial charge in [0.15, 0.2) is 5.13 Å². The molecule has 2 aromatic carbocycles. The van der Waals surface area contributed by atoms with Crippen molar-refractivity contribution in [1.82, 2.24) is 10.3 Å². The number of carbonyl (C=O) groups is 1. The number of anilines is 1. The molecule has 0 aliphatic heterocycles. The second-order valence-electron chi connectivity index (χ2n) is 7.73. The Morgan fingerprint density at radius 2 is 1.90 bits per heavy atom. The van der Waals surface area contributed by atoms with Crippen molar-refractivity contribution < 1.29 is 23.1 Å². The lowest BCUT2D eigenvalue weighted by Crippen LogP contribution is -2.28. The monoisotopic (exact) mass is 449 g/mol. The van der Waals surface area contributed by atoms with E-state index in [1.807, 2.05) is 0 Å². The molecular formula is C22H22F3N3O2S. The minimum atomic E-state index is -4.42. The quantitative estimate of drug-likeness (QED) is 0.515. The number of hydrogen-bond acceptors (Lipinski definition) is 5. The molecule has 1 aliphatic carbocycles. The number of aliphatic hydroxyl groups excluding tert-OH is 1. The molecule has 1 heterocycles. The third kappa shape index (κ3) is 5.34. The number of aliphatic hydroxyl groups is 1. The number of halogens is 3. The van der Waals surface area contributed by atoms with Gasteiger partial charge in [-0.2, -0.15) is 13.2 Å². The molecule has 0 unspecified atom stereocenters. The van der Waals surface area contributed by atoms with Crippen LogP contribution in [-0.4, -0.2) is 28.1 Å². The third-order valence-corrected chi connectivity index (χ3v) is 6.33. The summed E-state index contributed by atoms with van der Waals surface area (Å²) < 4.78 is 39.4. The van der Waals surface area contributed by atoms with Crippen LogP contribution in [0, 0.1) is 0 Å². The van der Waals surface area contributed by atoms with Gasteiger partial charge in [0.05, 0.1) is 21.9 Å². The van der Waals surface area contributed by atoms with E-state index in [1.54, 1.807) is 24.3 Å². The lowest BCUT2D eigenvalue weighted by atomic mass is 9.93. The van der Waals surface area contributed by atoms with Crippen LogP contribution >= 0.6 is 11.3 Å². The zero-order valence-corrected chi connectivity index (χ0v) is 17.4. The van der Waals surface area contributed by atoms with E-state index in [1.165, 1.54) is 17.4 Å². The number of rotatable bonds is 5. The maximum absolute atomic E-state index is 12.8. The minimum Gasteiger partial charge on any atom is -0.393 e. The average molecular weight is 449 g/mol. The number of fused-ring (bicyclic) bond motifs is 1. The van der Waals surface area contributed by atoms with E-state index in [-0.39, 0.29) is 24.6 Å². The van der Waals surface area contributed by atoms with Gasteiger partial charge in [0.2, 0.25) is 0 Å². The Kier molecular flexibility index (Phi) is 6.15. The Labute approximate surface area is 181 Å². The predicted octanol–water partition coefficient (Wildman–Crippen LogP) is 4.96. The van der Waals surface area contributed by atoms with Gasteiger partial charge in [-0.05, 0) is 61.6 Å². The van der Waals surface area contributed by atoms with Crippen LogP contribution in [0.3, 0.4) is 0 Å². The SMILES string of the molecule is O=C(NCc1cccc(C(F)(F)F)c1)c1ccc2nc(NC3CCC(O)CC3)sc2c1. The average Bonchev–Trinajstić information content (AvgIpc) is 3.14. The topological polar surface area (TPSA) is 74.2 Å². The van der Waals surface area contributed by atoms with Gasteiger partial charge in [0, 0.05) is 18.2 Å². The molecule has 5 nitrogen and oxygen atoms in total. The van der Waals surface area contributed by atoms with Crippen molar-refractivity contribution in [1.29, 1.82) is 0 Å². The summed E-state index contributed by atoms with van der Waals surface area (Å²) in [5, 5.41) is 16.5. The van der Waals surface area contributed by atoms with E-state index in [9.17, 15) is 23.1 Å². The van der Waals surface area contributed by atoms with Crippen molar-refractivity contribution >= 4 is 32.6 Å². The standard InChI is InChI=1S/C22H22F3N3O2S/c23-22(24,25)15-3-1-2-13(10-15)12-26-20(30)14-4-9-18-19(11-14)31-21(28-18)27-16-5-7-17(29)8-6-16/h1-4,9-11,16-17,29H,5-8,12H2,(H,26,30)(H,27,28). The Bertz CT molecular complexity index is 1080. The van der Waals surface area contributed by atoms with Crippen LogP contribution < -0.4 is 10.6 Å². The molecule has 1 amide bonds. The largest absolute Gasteiger partial charge is 0.416 e. The first-order valence-electron chi connectivity index (χ1n) is 10.1. The number of alkyl halides is 3. The van der Waals surface area contributed by atoms with E-state index in [0.717, 1.165) is 53.2 Å². The summed E-state index contributed by atoms with van der Waals surface area (Å²) in [6.45, 7) is 0.00379. The zero-order valence-electron chi connectivity index (χ0n) is 16.6. The fourth-order valence-corrected chi connectivity index (χ4v) is 4.65. The minimum absolute atomic E-state index is 0.00379.